The van der Waals surface area contributed by atoms with Crippen LogP contribution < -0.4 is 4.74 Å². The molecule has 0 aliphatic carbocycles. The maximum Gasteiger partial charge on any atom is 0.127 e. The molecule has 1 atom stereocenters. The molecule has 0 fully saturated rings. The first-order valence-electron chi connectivity index (χ1n) is 5.61. The van der Waals surface area contributed by atoms with Gasteiger partial charge in [-0.15, -0.1) is 0 Å². The Bertz CT molecular complexity index is 381. The highest BCUT2D eigenvalue weighted by Gasteiger charge is 2.19. The summed E-state index contributed by atoms with van der Waals surface area (Å²) in [5, 5.41) is 0. The minimum atomic E-state index is -0.0887. The number of ether oxygens (including phenoxy) is 1. The summed E-state index contributed by atoms with van der Waals surface area (Å²) in [6.07, 6.45) is 1.01. The third-order valence-electron chi connectivity index (χ3n) is 3.07. The van der Waals surface area contributed by atoms with Crippen molar-refractivity contribution >= 4 is 6.29 Å². The van der Waals surface area contributed by atoms with Gasteiger partial charge in [0.2, 0.25) is 0 Å². The second-order valence-corrected chi connectivity index (χ2v) is 4.58. The summed E-state index contributed by atoms with van der Waals surface area (Å²) < 4.78 is 5.36. The molecule has 0 aromatic heterocycles. The maximum atomic E-state index is 11.2. The second-order valence-electron chi connectivity index (χ2n) is 4.58. The van der Waals surface area contributed by atoms with Gasteiger partial charge in [-0.1, -0.05) is 19.9 Å². The molecule has 1 aromatic carbocycles. The van der Waals surface area contributed by atoms with Gasteiger partial charge in [0.25, 0.3) is 0 Å². The first-order valence-corrected chi connectivity index (χ1v) is 5.61. The lowest BCUT2D eigenvalue weighted by Crippen LogP contribution is -2.10. The van der Waals surface area contributed by atoms with Crippen molar-refractivity contribution in [1.29, 1.82) is 0 Å². The van der Waals surface area contributed by atoms with Crippen molar-refractivity contribution in [3.8, 4) is 5.75 Å². The van der Waals surface area contributed by atoms with E-state index in [0.717, 1.165) is 17.6 Å². The van der Waals surface area contributed by atoms with Gasteiger partial charge in [-0.3, -0.25) is 0 Å². The van der Waals surface area contributed by atoms with E-state index < -0.39 is 0 Å². The van der Waals surface area contributed by atoms with Crippen LogP contribution in [0.1, 0.15) is 36.5 Å². The van der Waals surface area contributed by atoms with Crippen molar-refractivity contribution in [2.75, 3.05) is 7.11 Å². The summed E-state index contributed by atoms with van der Waals surface area (Å²) in [6, 6.07) is 4.07. The number of aldehydes is 1. The Kier molecular flexibility index (Phi) is 4.11. The van der Waals surface area contributed by atoms with E-state index in [4.69, 9.17) is 4.74 Å². The van der Waals surface area contributed by atoms with E-state index >= 15 is 0 Å². The van der Waals surface area contributed by atoms with Gasteiger partial charge >= 0.3 is 0 Å². The molecular weight excluding hydrogens is 200 g/mol. The van der Waals surface area contributed by atoms with Crippen LogP contribution in [-0.2, 0) is 4.79 Å². The van der Waals surface area contributed by atoms with Crippen LogP contribution in [0, 0.1) is 19.8 Å². The van der Waals surface area contributed by atoms with Gasteiger partial charge in [-0.2, -0.15) is 0 Å². The van der Waals surface area contributed by atoms with E-state index in [0.29, 0.717) is 0 Å². The molecule has 0 aliphatic rings. The van der Waals surface area contributed by atoms with E-state index in [1.54, 1.807) is 7.11 Å². The zero-order valence-electron chi connectivity index (χ0n) is 10.7. The van der Waals surface area contributed by atoms with E-state index in [2.05, 4.69) is 13.0 Å². The molecule has 16 heavy (non-hydrogen) atoms. The summed E-state index contributed by atoms with van der Waals surface area (Å²) in [6.45, 7) is 8.20. The summed E-state index contributed by atoms with van der Waals surface area (Å²) in [7, 11) is 1.65. The van der Waals surface area contributed by atoms with Gasteiger partial charge in [0.05, 0.1) is 7.11 Å². The number of hydrogen-bond donors (Lipinski definition) is 0. The maximum absolute atomic E-state index is 11.2. The number of carbonyl (C=O) groups is 1. The van der Waals surface area contributed by atoms with Crippen LogP contribution in [0.4, 0.5) is 0 Å². The van der Waals surface area contributed by atoms with Crippen molar-refractivity contribution in [1.82, 2.24) is 0 Å². The number of carbonyl (C=O) groups excluding carboxylic acids is 1. The molecule has 0 aliphatic heterocycles. The number of rotatable bonds is 4. The Morgan fingerprint density at radius 3 is 2.19 bits per heavy atom. The van der Waals surface area contributed by atoms with Crippen LogP contribution in [0.2, 0.25) is 0 Å². The van der Waals surface area contributed by atoms with Crippen LogP contribution in [0.15, 0.2) is 12.1 Å². The topological polar surface area (TPSA) is 26.3 Å². The van der Waals surface area contributed by atoms with Crippen LogP contribution in [0.3, 0.4) is 0 Å². The molecule has 0 saturated carbocycles. The third kappa shape index (κ3) is 2.43. The van der Waals surface area contributed by atoms with Gasteiger partial charge in [0.1, 0.15) is 12.0 Å². The van der Waals surface area contributed by atoms with Gasteiger partial charge in [-0.05, 0) is 37.0 Å². The van der Waals surface area contributed by atoms with Crippen molar-refractivity contribution in [2.45, 2.75) is 33.6 Å². The van der Waals surface area contributed by atoms with Crippen LogP contribution in [0.5, 0.6) is 5.75 Å². The van der Waals surface area contributed by atoms with E-state index in [9.17, 15) is 4.79 Å². The summed E-state index contributed by atoms with van der Waals surface area (Å²) in [5.74, 6) is 1.01. The fourth-order valence-corrected chi connectivity index (χ4v) is 1.84. The lowest BCUT2D eigenvalue weighted by molar-refractivity contribution is -0.109. The Balaban J connectivity index is 3.30. The van der Waals surface area contributed by atoms with E-state index in [-0.39, 0.29) is 11.8 Å². The minimum Gasteiger partial charge on any atom is -0.496 e. The number of aryl methyl sites for hydroxylation is 2. The largest absolute Gasteiger partial charge is 0.496 e. The van der Waals surface area contributed by atoms with Crippen molar-refractivity contribution in [2.24, 2.45) is 5.92 Å². The Labute approximate surface area is 97.6 Å². The van der Waals surface area contributed by atoms with Gasteiger partial charge in [-0.25, -0.2) is 0 Å². The molecule has 0 N–H and O–H groups in total. The van der Waals surface area contributed by atoms with Crippen LogP contribution in [0.25, 0.3) is 0 Å². The number of methoxy groups -OCH3 is 1. The quantitative estimate of drug-likeness (QED) is 0.728. The predicted octanol–water partition coefficient (Wildman–Crippen LogP) is 3.25. The Morgan fingerprint density at radius 2 is 1.75 bits per heavy atom. The number of hydrogen-bond acceptors (Lipinski definition) is 2. The second kappa shape index (κ2) is 5.15. The summed E-state index contributed by atoms with van der Waals surface area (Å²) in [4.78, 5) is 11.2. The average Bonchev–Trinajstić information content (AvgIpc) is 2.23. The van der Waals surface area contributed by atoms with Gasteiger partial charge in [0, 0.05) is 11.5 Å². The Hall–Kier alpha value is -1.31. The first-order chi connectivity index (χ1) is 7.51. The fourth-order valence-electron chi connectivity index (χ4n) is 1.84. The lowest BCUT2D eigenvalue weighted by atomic mass is 9.87. The first kappa shape index (κ1) is 12.8. The monoisotopic (exact) mass is 220 g/mol. The highest BCUT2D eigenvalue weighted by Crippen LogP contribution is 2.32. The molecule has 2 heteroatoms. The molecule has 1 aromatic rings. The molecule has 0 bridgehead atoms. The fraction of sp³-hybridized carbons (Fsp3) is 0.500. The highest BCUT2D eigenvalue weighted by atomic mass is 16.5. The molecule has 0 spiro atoms. The van der Waals surface area contributed by atoms with Crippen molar-refractivity contribution in [3.05, 3.63) is 28.8 Å². The highest BCUT2D eigenvalue weighted by molar-refractivity contribution is 5.65. The SMILES string of the molecule is COc1cc(C)c(C)cc1C(C=O)C(C)C. The predicted molar refractivity (Wildman–Crippen MR) is 66.1 cm³/mol. The Morgan fingerprint density at radius 1 is 1.19 bits per heavy atom. The lowest BCUT2D eigenvalue weighted by Gasteiger charge is -2.19. The molecule has 0 radical (unpaired) electrons. The summed E-state index contributed by atoms with van der Waals surface area (Å²) >= 11 is 0. The molecule has 1 unspecified atom stereocenters. The average molecular weight is 220 g/mol. The zero-order valence-corrected chi connectivity index (χ0v) is 10.7. The van der Waals surface area contributed by atoms with Crippen molar-refractivity contribution in [3.63, 3.8) is 0 Å². The van der Waals surface area contributed by atoms with Crippen LogP contribution >= 0.6 is 0 Å². The number of benzene rings is 1. The molecule has 0 saturated heterocycles. The van der Waals surface area contributed by atoms with Crippen molar-refractivity contribution < 1.29 is 9.53 Å². The zero-order chi connectivity index (χ0) is 12.3. The molecular formula is C14H20O2. The molecule has 1 rings (SSSR count). The third-order valence-corrected chi connectivity index (χ3v) is 3.07. The van der Waals surface area contributed by atoms with Gasteiger partial charge < -0.3 is 9.53 Å². The molecule has 88 valence electrons. The molecule has 0 heterocycles. The normalized spacial score (nSPS) is 12.6. The molecule has 2 nitrogen and oxygen atoms in total. The summed E-state index contributed by atoms with van der Waals surface area (Å²) in [5.41, 5.74) is 3.38. The minimum absolute atomic E-state index is 0.0887. The van der Waals surface area contributed by atoms with Gasteiger partial charge in [0.15, 0.2) is 0 Å². The van der Waals surface area contributed by atoms with E-state index in [1.807, 2.05) is 26.8 Å². The molecule has 0 amide bonds. The van der Waals surface area contributed by atoms with E-state index in [1.165, 1.54) is 11.1 Å². The van der Waals surface area contributed by atoms with Crippen LogP contribution in [-0.4, -0.2) is 13.4 Å². The standard InChI is InChI=1S/C14H20O2/c1-9(2)13(8-15)12-6-10(3)11(4)7-14(12)16-5/h6-9,13H,1-5H3. The smallest absolute Gasteiger partial charge is 0.127 e.